The van der Waals surface area contributed by atoms with Gasteiger partial charge in [-0.3, -0.25) is 0 Å². The van der Waals surface area contributed by atoms with E-state index in [1.54, 1.807) is 12.3 Å². The van der Waals surface area contributed by atoms with E-state index in [2.05, 4.69) is 78.2 Å². The zero-order valence-electron chi connectivity index (χ0n) is 21.3. The predicted octanol–water partition coefficient (Wildman–Crippen LogP) is 6.05. The quantitative estimate of drug-likeness (QED) is 0.182. The number of benzene rings is 4. The van der Waals surface area contributed by atoms with Gasteiger partial charge < -0.3 is 19.2 Å². The van der Waals surface area contributed by atoms with Gasteiger partial charge in [0.15, 0.2) is 0 Å². The van der Waals surface area contributed by atoms with Gasteiger partial charge in [-0.1, -0.05) is 84.9 Å². The SMILES string of the molecule is C[n+]1[c-]n2c(c1)C(c1ccccc1)(c1ccccc1)c1cccc(O)c1-2.[Ir].[c-]1ccccc1-c1ccccn1. The average Bonchev–Trinajstić information content (AvgIpc) is 3.49. The smallest absolute Gasteiger partial charge is 0.243 e. The minimum atomic E-state index is -0.492. The van der Waals surface area contributed by atoms with Gasteiger partial charge in [-0.15, -0.1) is 35.9 Å². The van der Waals surface area contributed by atoms with E-state index in [9.17, 15) is 5.11 Å². The third-order valence-corrected chi connectivity index (χ3v) is 6.90. The number of pyridine rings is 1. The molecule has 0 amide bonds. The first-order valence-corrected chi connectivity index (χ1v) is 12.5. The first-order valence-electron chi connectivity index (χ1n) is 12.5. The third-order valence-electron chi connectivity index (χ3n) is 6.90. The van der Waals surface area contributed by atoms with E-state index in [4.69, 9.17) is 0 Å². The summed E-state index contributed by atoms with van der Waals surface area (Å²) in [4.78, 5) is 4.22. The summed E-state index contributed by atoms with van der Waals surface area (Å²) >= 11 is 0. The average molecular weight is 685 g/mol. The van der Waals surface area contributed by atoms with Crippen LogP contribution >= 0.6 is 0 Å². The van der Waals surface area contributed by atoms with Gasteiger partial charge >= 0.3 is 0 Å². The summed E-state index contributed by atoms with van der Waals surface area (Å²) < 4.78 is 3.91. The Bertz CT molecular complexity index is 1590. The van der Waals surface area contributed by atoms with Crippen molar-refractivity contribution in [1.29, 1.82) is 0 Å². The molecule has 4 nitrogen and oxygen atoms in total. The Hall–Kier alpha value is -4.31. The number of aromatic nitrogens is 3. The summed E-state index contributed by atoms with van der Waals surface area (Å²) in [5.41, 5.74) is 6.81. The molecule has 3 heterocycles. The summed E-state index contributed by atoms with van der Waals surface area (Å²) in [5.74, 6) is 0.268. The number of para-hydroxylation sites is 1. The van der Waals surface area contributed by atoms with Crippen molar-refractivity contribution in [3.8, 4) is 22.7 Å². The van der Waals surface area contributed by atoms with E-state index in [1.807, 2.05) is 76.8 Å². The molecule has 6 aromatic rings. The van der Waals surface area contributed by atoms with Crippen molar-refractivity contribution in [3.63, 3.8) is 0 Å². The number of fused-ring (bicyclic) bond motifs is 3. The van der Waals surface area contributed by atoms with E-state index in [0.29, 0.717) is 0 Å². The van der Waals surface area contributed by atoms with Crippen LogP contribution in [0.1, 0.15) is 22.4 Å². The zero-order chi connectivity index (χ0) is 26.0. The van der Waals surface area contributed by atoms with Crippen LogP contribution in [-0.4, -0.2) is 14.7 Å². The molecule has 193 valence electrons. The van der Waals surface area contributed by atoms with E-state index in [-0.39, 0.29) is 25.9 Å². The van der Waals surface area contributed by atoms with Crippen molar-refractivity contribution in [1.82, 2.24) is 9.55 Å². The zero-order valence-corrected chi connectivity index (χ0v) is 23.7. The molecule has 7 rings (SSSR count). The molecule has 0 aliphatic carbocycles. The van der Waals surface area contributed by atoms with E-state index < -0.39 is 5.41 Å². The van der Waals surface area contributed by atoms with Crippen LogP contribution in [0.5, 0.6) is 5.75 Å². The van der Waals surface area contributed by atoms with Crippen molar-refractivity contribution in [3.05, 3.63) is 168 Å². The minimum absolute atomic E-state index is 0. The molecule has 1 aliphatic heterocycles. The van der Waals surface area contributed by atoms with Crippen LogP contribution < -0.4 is 4.57 Å². The van der Waals surface area contributed by atoms with Gasteiger partial charge in [-0.2, -0.15) is 0 Å². The molecule has 0 atom stereocenters. The molecule has 5 heteroatoms. The molecule has 1 radical (unpaired) electrons. The van der Waals surface area contributed by atoms with E-state index >= 15 is 0 Å². The first kappa shape index (κ1) is 26.3. The molecule has 0 unspecified atom stereocenters. The number of rotatable bonds is 3. The molecule has 0 spiro atoms. The Balaban J connectivity index is 0.000000200. The second kappa shape index (κ2) is 11.2. The van der Waals surface area contributed by atoms with Crippen LogP contribution in [0.25, 0.3) is 16.9 Å². The Morgan fingerprint density at radius 3 is 2.05 bits per heavy atom. The monoisotopic (exact) mass is 685 g/mol. The number of hydrogen-bond acceptors (Lipinski definition) is 2. The summed E-state index contributed by atoms with van der Waals surface area (Å²) in [6, 6.07) is 43.5. The molecular formula is C34H26IrN3O-. The van der Waals surface area contributed by atoms with Crippen LogP contribution in [0.3, 0.4) is 0 Å². The minimum Gasteiger partial charge on any atom is -0.513 e. The summed E-state index contributed by atoms with van der Waals surface area (Å²) in [6.07, 6.45) is 7.21. The van der Waals surface area contributed by atoms with E-state index in [0.717, 1.165) is 28.2 Å². The largest absolute Gasteiger partial charge is 0.513 e. The van der Waals surface area contributed by atoms with Crippen LogP contribution in [-0.2, 0) is 32.6 Å². The molecule has 4 aromatic carbocycles. The van der Waals surface area contributed by atoms with Crippen LogP contribution in [0.2, 0.25) is 0 Å². The number of aryl methyl sites for hydroxylation is 1. The number of imidazole rings is 1. The second-order valence-corrected chi connectivity index (χ2v) is 9.21. The van der Waals surface area contributed by atoms with Gasteiger partial charge in [-0.05, 0) is 34.5 Å². The maximum absolute atomic E-state index is 10.7. The number of hydrogen-bond donors (Lipinski definition) is 1. The molecule has 0 saturated heterocycles. The van der Waals surface area contributed by atoms with Gasteiger partial charge in [0.25, 0.3) is 0 Å². The fraction of sp³-hybridized carbons (Fsp3) is 0.0588. The van der Waals surface area contributed by atoms with Gasteiger partial charge in [-0.25, -0.2) is 0 Å². The van der Waals surface area contributed by atoms with Crippen molar-refractivity contribution >= 4 is 0 Å². The van der Waals surface area contributed by atoms with Crippen molar-refractivity contribution in [2.45, 2.75) is 5.41 Å². The third kappa shape index (κ3) is 4.61. The summed E-state index contributed by atoms with van der Waals surface area (Å²) in [5, 5.41) is 10.7. The normalized spacial score (nSPS) is 12.3. The van der Waals surface area contributed by atoms with Gasteiger partial charge in [0.1, 0.15) is 5.75 Å². The van der Waals surface area contributed by atoms with Crippen LogP contribution in [0, 0.1) is 12.4 Å². The van der Waals surface area contributed by atoms with E-state index in [1.165, 1.54) is 11.1 Å². The Morgan fingerprint density at radius 1 is 0.769 bits per heavy atom. The van der Waals surface area contributed by atoms with Crippen molar-refractivity contribution in [2.75, 3.05) is 0 Å². The number of nitrogens with zero attached hydrogens (tertiary/aromatic N) is 3. The topological polar surface area (TPSA) is 41.9 Å². The maximum Gasteiger partial charge on any atom is 0.243 e. The molecule has 0 saturated carbocycles. The Labute approximate surface area is 242 Å². The molecule has 1 N–H and O–H groups in total. The standard InChI is InChI=1S/C23H18N2O.C11H8N.Ir/c1-24-15-21-23(17-9-4-2-5-10-17,18-11-6-3-7-12-18)19-13-8-14-20(26)22(19)25(21)16-24;1-2-6-10(7-3-1)11-8-4-5-9-12-11;/h2-15,26H,1H3;1-6,8-9H;/q;-1;. The van der Waals surface area contributed by atoms with Crippen molar-refractivity contribution in [2.24, 2.45) is 7.05 Å². The summed E-state index contributed by atoms with van der Waals surface area (Å²) in [7, 11) is 1.96. The van der Waals surface area contributed by atoms with Crippen LogP contribution in [0.15, 0.2) is 134 Å². The molecule has 39 heavy (non-hydrogen) atoms. The fourth-order valence-corrected chi connectivity index (χ4v) is 5.35. The summed E-state index contributed by atoms with van der Waals surface area (Å²) in [6.45, 7) is 0. The second-order valence-electron chi connectivity index (χ2n) is 9.21. The number of phenolic OH excluding ortho intramolecular Hbond substituents is 1. The molecular weight excluding hydrogens is 659 g/mol. The Kier molecular flexibility index (Phi) is 7.56. The molecule has 0 fully saturated rings. The Morgan fingerprint density at radius 2 is 1.44 bits per heavy atom. The number of phenols is 1. The maximum atomic E-state index is 10.7. The molecule has 2 aromatic heterocycles. The number of aromatic hydroxyl groups is 1. The fourth-order valence-electron chi connectivity index (χ4n) is 5.35. The van der Waals surface area contributed by atoms with Crippen LogP contribution in [0.4, 0.5) is 0 Å². The van der Waals surface area contributed by atoms with Gasteiger partial charge in [0.2, 0.25) is 6.33 Å². The van der Waals surface area contributed by atoms with Gasteiger partial charge in [0.05, 0.1) is 18.2 Å². The molecule has 0 bridgehead atoms. The van der Waals surface area contributed by atoms with Crippen molar-refractivity contribution < 1.29 is 29.8 Å². The molecule has 1 aliphatic rings. The predicted molar refractivity (Wildman–Crippen MR) is 148 cm³/mol. The first-order chi connectivity index (χ1) is 18.7. The van der Waals surface area contributed by atoms with Gasteiger partial charge in [0, 0.05) is 38.2 Å².